The van der Waals surface area contributed by atoms with E-state index in [0.717, 1.165) is 32.0 Å². The molecule has 5 heteroatoms. The van der Waals surface area contributed by atoms with Gasteiger partial charge < -0.3 is 14.5 Å². The Morgan fingerprint density at radius 2 is 1.68 bits per heavy atom. The summed E-state index contributed by atoms with van der Waals surface area (Å²) in [5.41, 5.74) is 3.99. The van der Waals surface area contributed by atoms with E-state index in [9.17, 15) is 0 Å². The van der Waals surface area contributed by atoms with Gasteiger partial charge in [-0.3, -0.25) is 0 Å². The Hall–Kier alpha value is -2.30. The third-order valence-electron chi connectivity index (χ3n) is 4.15. The summed E-state index contributed by atoms with van der Waals surface area (Å²) in [7, 11) is 1.63. The Bertz CT molecular complexity index is 651. The topological polar surface area (TPSA) is 41.5 Å². The van der Waals surface area contributed by atoms with Crippen molar-refractivity contribution in [2.75, 3.05) is 43.1 Å². The van der Waals surface area contributed by atoms with Crippen LogP contribution in [0.1, 0.15) is 11.1 Å². The van der Waals surface area contributed by atoms with Gasteiger partial charge in [-0.1, -0.05) is 12.1 Å². The van der Waals surface area contributed by atoms with E-state index in [1.54, 1.807) is 13.4 Å². The van der Waals surface area contributed by atoms with Crippen LogP contribution in [-0.4, -0.2) is 43.3 Å². The molecule has 5 nitrogen and oxygen atoms in total. The highest BCUT2D eigenvalue weighted by atomic mass is 16.5. The van der Waals surface area contributed by atoms with Gasteiger partial charge in [0, 0.05) is 37.9 Å². The third kappa shape index (κ3) is 2.98. The van der Waals surface area contributed by atoms with Gasteiger partial charge in [0.05, 0.1) is 7.11 Å². The van der Waals surface area contributed by atoms with E-state index in [1.165, 1.54) is 16.8 Å². The third-order valence-corrected chi connectivity index (χ3v) is 4.15. The van der Waals surface area contributed by atoms with Gasteiger partial charge in [0.1, 0.15) is 12.1 Å². The van der Waals surface area contributed by atoms with Gasteiger partial charge in [-0.25, -0.2) is 9.97 Å². The van der Waals surface area contributed by atoms with Crippen LogP contribution in [0.5, 0.6) is 5.88 Å². The zero-order valence-corrected chi connectivity index (χ0v) is 13.4. The van der Waals surface area contributed by atoms with E-state index in [2.05, 4.69) is 51.8 Å². The number of hydrogen-bond acceptors (Lipinski definition) is 5. The smallest absolute Gasteiger partial charge is 0.218 e. The highest BCUT2D eigenvalue weighted by Crippen LogP contribution is 2.24. The first-order chi connectivity index (χ1) is 10.7. The van der Waals surface area contributed by atoms with E-state index in [4.69, 9.17) is 4.74 Å². The van der Waals surface area contributed by atoms with Crippen molar-refractivity contribution >= 4 is 11.5 Å². The second-order valence-electron chi connectivity index (χ2n) is 5.68. The maximum absolute atomic E-state index is 5.18. The molecule has 0 amide bonds. The van der Waals surface area contributed by atoms with Crippen LogP contribution >= 0.6 is 0 Å². The molecular weight excluding hydrogens is 276 g/mol. The largest absolute Gasteiger partial charge is 0.481 e. The fourth-order valence-electron chi connectivity index (χ4n) is 2.85. The van der Waals surface area contributed by atoms with Gasteiger partial charge in [-0.2, -0.15) is 0 Å². The molecule has 0 radical (unpaired) electrons. The first-order valence-corrected chi connectivity index (χ1v) is 7.60. The fraction of sp³-hybridized carbons (Fsp3) is 0.412. The molecule has 1 aliphatic heterocycles. The Kier molecular flexibility index (Phi) is 4.13. The first-order valence-electron chi connectivity index (χ1n) is 7.60. The van der Waals surface area contributed by atoms with Crippen molar-refractivity contribution in [2.24, 2.45) is 0 Å². The summed E-state index contributed by atoms with van der Waals surface area (Å²) >= 11 is 0. The maximum atomic E-state index is 5.18. The lowest BCUT2D eigenvalue weighted by molar-refractivity contribution is 0.396. The van der Waals surface area contributed by atoms with Crippen molar-refractivity contribution in [3.05, 3.63) is 41.7 Å². The molecule has 0 atom stereocenters. The predicted molar refractivity (Wildman–Crippen MR) is 88.9 cm³/mol. The minimum absolute atomic E-state index is 0.613. The first kappa shape index (κ1) is 14.6. The number of aryl methyl sites for hydroxylation is 2. The number of piperazine rings is 1. The van der Waals surface area contributed by atoms with Crippen LogP contribution in [-0.2, 0) is 0 Å². The summed E-state index contributed by atoms with van der Waals surface area (Å²) < 4.78 is 5.18. The second-order valence-corrected chi connectivity index (χ2v) is 5.68. The zero-order chi connectivity index (χ0) is 15.5. The summed E-state index contributed by atoms with van der Waals surface area (Å²) in [6, 6.07) is 8.54. The van der Waals surface area contributed by atoms with Crippen molar-refractivity contribution < 1.29 is 4.74 Å². The molecule has 2 heterocycles. The van der Waals surface area contributed by atoms with Crippen LogP contribution in [0, 0.1) is 13.8 Å². The van der Waals surface area contributed by atoms with Crippen molar-refractivity contribution in [3.63, 3.8) is 0 Å². The average Bonchev–Trinajstić information content (AvgIpc) is 2.57. The normalized spacial score (nSPS) is 15.0. The van der Waals surface area contributed by atoms with E-state index in [0.29, 0.717) is 5.88 Å². The van der Waals surface area contributed by atoms with Gasteiger partial charge in [0.25, 0.3) is 0 Å². The van der Waals surface area contributed by atoms with Crippen LogP contribution in [0.4, 0.5) is 11.5 Å². The molecule has 0 bridgehead atoms. The molecule has 1 aromatic heterocycles. The van der Waals surface area contributed by atoms with E-state index in [-0.39, 0.29) is 0 Å². The molecule has 0 spiro atoms. The van der Waals surface area contributed by atoms with E-state index < -0.39 is 0 Å². The molecule has 1 fully saturated rings. The van der Waals surface area contributed by atoms with Gasteiger partial charge in [0.15, 0.2) is 0 Å². The summed E-state index contributed by atoms with van der Waals surface area (Å²) in [6.07, 6.45) is 1.56. The number of anilines is 2. The van der Waals surface area contributed by atoms with Crippen molar-refractivity contribution in [2.45, 2.75) is 13.8 Å². The molecule has 1 saturated heterocycles. The molecule has 22 heavy (non-hydrogen) atoms. The van der Waals surface area contributed by atoms with Crippen molar-refractivity contribution in [3.8, 4) is 5.88 Å². The molecule has 0 unspecified atom stereocenters. The number of nitrogens with zero attached hydrogens (tertiary/aromatic N) is 4. The van der Waals surface area contributed by atoms with Gasteiger partial charge >= 0.3 is 0 Å². The maximum Gasteiger partial charge on any atom is 0.218 e. The van der Waals surface area contributed by atoms with Gasteiger partial charge in [-0.15, -0.1) is 0 Å². The minimum atomic E-state index is 0.613. The number of ether oxygens (including phenoxy) is 1. The lowest BCUT2D eigenvalue weighted by Gasteiger charge is -2.37. The van der Waals surface area contributed by atoms with Gasteiger partial charge in [0.2, 0.25) is 5.88 Å². The molecule has 0 aliphatic carbocycles. The SMILES string of the molecule is COc1cc(N2CCN(c3cc(C)ccc3C)CC2)ncn1. The monoisotopic (exact) mass is 298 g/mol. The molecular formula is C17H22N4O. The Morgan fingerprint density at radius 3 is 2.41 bits per heavy atom. The number of aromatic nitrogens is 2. The van der Waals surface area contributed by atoms with Gasteiger partial charge in [-0.05, 0) is 31.0 Å². The van der Waals surface area contributed by atoms with Crippen LogP contribution in [0.3, 0.4) is 0 Å². The Labute approximate surface area is 131 Å². The highest BCUT2D eigenvalue weighted by Gasteiger charge is 2.20. The molecule has 1 aromatic carbocycles. The Morgan fingerprint density at radius 1 is 0.955 bits per heavy atom. The molecule has 0 saturated carbocycles. The number of benzene rings is 1. The highest BCUT2D eigenvalue weighted by molar-refractivity contribution is 5.56. The van der Waals surface area contributed by atoms with Crippen LogP contribution in [0.2, 0.25) is 0 Å². The van der Waals surface area contributed by atoms with E-state index in [1.807, 2.05) is 6.07 Å². The molecule has 0 N–H and O–H groups in total. The number of rotatable bonds is 3. The minimum Gasteiger partial charge on any atom is -0.481 e. The second kappa shape index (κ2) is 6.22. The quantitative estimate of drug-likeness (QED) is 0.870. The number of hydrogen-bond donors (Lipinski definition) is 0. The van der Waals surface area contributed by atoms with Crippen LogP contribution in [0.15, 0.2) is 30.6 Å². The van der Waals surface area contributed by atoms with Crippen LogP contribution < -0.4 is 14.5 Å². The standard InChI is InChI=1S/C17H22N4O/c1-13-4-5-14(2)15(10-13)20-6-8-21(9-7-20)16-11-17(22-3)19-12-18-16/h4-5,10-12H,6-9H2,1-3H3. The Balaban J connectivity index is 1.71. The molecule has 116 valence electrons. The summed E-state index contributed by atoms with van der Waals surface area (Å²) in [5.74, 6) is 1.55. The predicted octanol–water partition coefficient (Wildman–Crippen LogP) is 2.43. The lowest BCUT2D eigenvalue weighted by atomic mass is 10.1. The zero-order valence-electron chi connectivity index (χ0n) is 13.4. The van der Waals surface area contributed by atoms with Crippen LogP contribution in [0.25, 0.3) is 0 Å². The van der Waals surface area contributed by atoms with Crippen molar-refractivity contribution in [1.29, 1.82) is 0 Å². The summed E-state index contributed by atoms with van der Waals surface area (Å²) in [4.78, 5) is 13.2. The fourth-order valence-corrected chi connectivity index (χ4v) is 2.85. The average molecular weight is 298 g/mol. The molecule has 2 aromatic rings. The molecule has 1 aliphatic rings. The van der Waals surface area contributed by atoms with Crippen molar-refractivity contribution in [1.82, 2.24) is 9.97 Å². The number of methoxy groups -OCH3 is 1. The molecule has 3 rings (SSSR count). The summed E-state index contributed by atoms with van der Waals surface area (Å²) in [5, 5.41) is 0. The lowest BCUT2D eigenvalue weighted by Crippen LogP contribution is -2.47. The van der Waals surface area contributed by atoms with E-state index >= 15 is 0 Å². The summed E-state index contributed by atoms with van der Waals surface area (Å²) in [6.45, 7) is 8.22.